The van der Waals surface area contributed by atoms with Crippen LogP contribution in [-0.2, 0) is 4.74 Å². The highest BCUT2D eigenvalue weighted by Crippen LogP contribution is 2.37. The number of aromatic nitrogens is 2. The average Bonchev–Trinajstić information content (AvgIpc) is 3.17. The van der Waals surface area contributed by atoms with Gasteiger partial charge in [-0.3, -0.25) is 0 Å². The SMILES string of the molecule is COC(COc1ccc(-c2ccc(F)cc2)cn1)c1csc(SC(C)(C)C(O)O)n1. The van der Waals surface area contributed by atoms with Gasteiger partial charge in [0.05, 0.1) is 10.4 Å². The number of aliphatic hydroxyl groups is 2. The molecule has 30 heavy (non-hydrogen) atoms. The first kappa shape index (κ1) is 22.6. The number of rotatable bonds is 9. The van der Waals surface area contributed by atoms with E-state index in [-0.39, 0.29) is 12.4 Å². The number of nitrogens with zero attached hydrogens (tertiary/aromatic N) is 2. The Kier molecular flexibility index (Phi) is 7.43. The zero-order chi connectivity index (χ0) is 21.7. The molecule has 1 aromatic carbocycles. The molecule has 1 unspecified atom stereocenters. The smallest absolute Gasteiger partial charge is 0.213 e. The number of methoxy groups -OCH3 is 1. The van der Waals surface area contributed by atoms with E-state index in [0.29, 0.717) is 15.9 Å². The molecule has 2 aromatic heterocycles. The highest BCUT2D eigenvalue weighted by atomic mass is 32.2. The highest BCUT2D eigenvalue weighted by Gasteiger charge is 2.29. The van der Waals surface area contributed by atoms with Gasteiger partial charge in [-0.15, -0.1) is 11.3 Å². The number of pyridine rings is 1. The summed E-state index contributed by atoms with van der Waals surface area (Å²) in [6, 6.07) is 9.82. The fourth-order valence-electron chi connectivity index (χ4n) is 2.46. The van der Waals surface area contributed by atoms with Gasteiger partial charge in [-0.2, -0.15) is 0 Å². The van der Waals surface area contributed by atoms with Gasteiger partial charge >= 0.3 is 0 Å². The Morgan fingerprint density at radius 2 is 1.83 bits per heavy atom. The molecule has 0 radical (unpaired) electrons. The molecule has 0 aliphatic carbocycles. The van der Waals surface area contributed by atoms with Gasteiger partial charge in [-0.05, 0) is 37.6 Å². The maximum Gasteiger partial charge on any atom is 0.213 e. The lowest BCUT2D eigenvalue weighted by Crippen LogP contribution is -2.32. The quantitative estimate of drug-likeness (QED) is 0.372. The first-order valence-corrected chi connectivity index (χ1v) is 10.9. The Bertz CT molecular complexity index is 946. The van der Waals surface area contributed by atoms with Crippen LogP contribution in [0.25, 0.3) is 11.1 Å². The molecule has 0 amide bonds. The van der Waals surface area contributed by atoms with Crippen molar-refractivity contribution in [2.24, 2.45) is 0 Å². The fourth-order valence-corrected chi connectivity index (χ4v) is 4.73. The number of ether oxygens (including phenoxy) is 2. The average molecular weight is 451 g/mol. The summed E-state index contributed by atoms with van der Waals surface area (Å²) < 4.78 is 24.3. The van der Waals surface area contributed by atoms with Crippen LogP contribution in [0.1, 0.15) is 25.6 Å². The van der Waals surface area contributed by atoms with Gasteiger partial charge in [-0.1, -0.05) is 23.9 Å². The largest absolute Gasteiger partial charge is 0.474 e. The van der Waals surface area contributed by atoms with E-state index in [9.17, 15) is 14.6 Å². The lowest BCUT2D eigenvalue weighted by molar-refractivity contribution is -0.0606. The summed E-state index contributed by atoms with van der Waals surface area (Å²) in [4.78, 5) is 8.83. The van der Waals surface area contributed by atoms with Gasteiger partial charge < -0.3 is 19.7 Å². The topological polar surface area (TPSA) is 84.7 Å². The first-order valence-electron chi connectivity index (χ1n) is 9.16. The van der Waals surface area contributed by atoms with Crippen molar-refractivity contribution >= 4 is 23.1 Å². The van der Waals surface area contributed by atoms with E-state index in [1.165, 1.54) is 35.2 Å². The molecule has 1 atom stereocenters. The van der Waals surface area contributed by atoms with Crippen molar-refractivity contribution in [2.75, 3.05) is 13.7 Å². The molecule has 0 bridgehead atoms. The summed E-state index contributed by atoms with van der Waals surface area (Å²) in [7, 11) is 1.58. The second-order valence-corrected chi connectivity index (χ2v) is 9.80. The molecular formula is C21H23FN2O4S2. The third-order valence-corrected chi connectivity index (χ3v) is 6.58. The molecule has 3 rings (SSSR count). The molecule has 2 N–H and O–H groups in total. The van der Waals surface area contributed by atoms with Crippen molar-refractivity contribution in [3.05, 3.63) is 59.5 Å². The number of thioether (sulfide) groups is 1. The van der Waals surface area contributed by atoms with Crippen LogP contribution >= 0.6 is 23.1 Å². The summed E-state index contributed by atoms with van der Waals surface area (Å²) in [5.41, 5.74) is 2.44. The van der Waals surface area contributed by atoms with Crippen molar-refractivity contribution in [1.82, 2.24) is 9.97 Å². The van der Waals surface area contributed by atoms with Crippen molar-refractivity contribution in [3.8, 4) is 17.0 Å². The van der Waals surface area contributed by atoms with Gasteiger partial charge in [0, 0.05) is 30.3 Å². The van der Waals surface area contributed by atoms with Crippen LogP contribution in [0.4, 0.5) is 4.39 Å². The van der Waals surface area contributed by atoms with E-state index < -0.39 is 17.1 Å². The Balaban J connectivity index is 1.61. The molecule has 3 aromatic rings. The van der Waals surface area contributed by atoms with Crippen LogP contribution in [0.3, 0.4) is 0 Å². The molecule has 0 fully saturated rings. The number of halogens is 1. The summed E-state index contributed by atoms with van der Waals surface area (Å²) in [5, 5.41) is 20.8. The van der Waals surface area contributed by atoms with E-state index in [2.05, 4.69) is 9.97 Å². The minimum absolute atomic E-state index is 0.221. The van der Waals surface area contributed by atoms with Crippen molar-refractivity contribution in [3.63, 3.8) is 0 Å². The van der Waals surface area contributed by atoms with Gasteiger partial charge in [0.2, 0.25) is 5.88 Å². The van der Waals surface area contributed by atoms with Crippen LogP contribution in [-0.4, -0.2) is 44.9 Å². The van der Waals surface area contributed by atoms with Gasteiger partial charge in [0.25, 0.3) is 0 Å². The maximum absolute atomic E-state index is 13.1. The van der Waals surface area contributed by atoms with Crippen LogP contribution in [0, 0.1) is 5.82 Å². The van der Waals surface area contributed by atoms with Crippen LogP contribution in [0.2, 0.25) is 0 Å². The first-order chi connectivity index (χ1) is 14.3. The number of benzene rings is 1. The summed E-state index contributed by atoms with van der Waals surface area (Å²) in [6.45, 7) is 3.70. The minimum Gasteiger partial charge on any atom is -0.474 e. The molecule has 0 aliphatic heterocycles. The van der Waals surface area contributed by atoms with Gasteiger partial charge in [0.1, 0.15) is 18.5 Å². The van der Waals surface area contributed by atoms with Crippen molar-refractivity contribution in [2.45, 2.75) is 35.3 Å². The van der Waals surface area contributed by atoms with Gasteiger partial charge in [-0.25, -0.2) is 14.4 Å². The molecule has 0 aliphatic rings. The molecular weight excluding hydrogens is 427 g/mol. The Morgan fingerprint density at radius 1 is 1.13 bits per heavy atom. The third-order valence-electron chi connectivity index (χ3n) is 4.38. The van der Waals surface area contributed by atoms with E-state index in [1.54, 1.807) is 45.4 Å². The summed E-state index contributed by atoms with van der Waals surface area (Å²) in [5.74, 6) is 0.161. The summed E-state index contributed by atoms with van der Waals surface area (Å²) in [6.07, 6.45) is -0.179. The zero-order valence-electron chi connectivity index (χ0n) is 16.8. The summed E-state index contributed by atoms with van der Waals surface area (Å²) >= 11 is 2.70. The number of hydrogen-bond donors (Lipinski definition) is 2. The second-order valence-electron chi connectivity index (χ2n) is 7.04. The Morgan fingerprint density at radius 3 is 2.43 bits per heavy atom. The Hall–Kier alpha value is -2.04. The minimum atomic E-state index is -1.46. The number of thiazole rings is 1. The molecule has 9 heteroatoms. The second kappa shape index (κ2) is 9.84. The predicted octanol–water partition coefficient (Wildman–Crippen LogP) is 4.29. The van der Waals surface area contributed by atoms with E-state index >= 15 is 0 Å². The van der Waals surface area contributed by atoms with Crippen molar-refractivity contribution in [1.29, 1.82) is 0 Å². The van der Waals surface area contributed by atoms with Crippen LogP contribution < -0.4 is 4.74 Å². The molecule has 2 heterocycles. The normalized spacial score (nSPS) is 12.9. The predicted molar refractivity (Wildman–Crippen MR) is 115 cm³/mol. The highest BCUT2D eigenvalue weighted by molar-refractivity contribution is 8.02. The number of hydrogen-bond acceptors (Lipinski definition) is 8. The fraction of sp³-hybridized carbons (Fsp3) is 0.333. The van der Waals surface area contributed by atoms with E-state index in [4.69, 9.17) is 9.47 Å². The van der Waals surface area contributed by atoms with Gasteiger partial charge in [0.15, 0.2) is 10.6 Å². The third kappa shape index (κ3) is 5.77. The zero-order valence-corrected chi connectivity index (χ0v) is 18.4. The van der Waals surface area contributed by atoms with Crippen molar-refractivity contribution < 1.29 is 24.1 Å². The molecule has 0 spiro atoms. The van der Waals surface area contributed by atoms with E-state index in [0.717, 1.165) is 11.1 Å². The molecule has 6 nitrogen and oxygen atoms in total. The lowest BCUT2D eigenvalue weighted by Gasteiger charge is -2.24. The Labute approximate surface area is 182 Å². The monoisotopic (exact) mass is 450 g/mol. The standard InChI is InChI=1S/C21H23FN2O4S2/c1-21(2,19(25)26)30-20-24-16(12-29-20)17(27-3)11-28-18-9-6-14(10-23-18)13-4-7-15(22)8-5-13/h4-10,12,17,19,25-26H,11H2,1-3H3. The van der Waals surface area contributed by atoms with Crippen LogP contribution in [0.15, 0.2) is 52.3 Å². The molecule has 0 saturated heterocycles. The van der Waals surface area contributed by atoms with Crippen LogP contribution in [0.5, 0.6) is 5.88 Å². The lowest BCUT2D eigenvalue weighted by atomic mass is 10.1. The number of aliphatic hydroxyl groups excluding tert-OH is 1. The van der Waals surface area contributed by atoms with E-state index in [1.807, 2.05) is 11.4 Å². The maximum atomic E-state index is 13.1. The molecule has 160 valence electrons. The molecule has 0 saturated carbocycles.